The molecule has 6 heteroatoms. The van der Waals surface area contributed by atoms with Crippen LogP contribution in [0.15, 0.2) is 42.2 Å². The van der Waals surface area contributed by atoms with E-state index in [1.807, 2.05) is 43.3 Å². The highest BCUT2D eigenvalue weighted by molar-refractivity contribution is 6.36. The van der Waals surface area contributed by atoms with E-state index < -0.39 is 16.9 Å². The Hall–Kier alpha value is -2.30. The molecule has 2 aromatic carbocycles. The third-order valence-corrected chi connectivity index (χ3v) is 5.52. The van der Waals surface area contributed by atoms with Gasteiger partial charge >= 0.3 is 5.97 Å². The summed E-state index contributed by atoms with van der Waals surface area (Å²) in [6, 6.07) is 11.2. The van der Waals surface area contributed by atoms with E-state index in [9.17, 15) is 9.59 Å². The zero-order valence-corrected chi connectivity index (χ0v) is 19.5. The summed E-state index contributed by atoms with van der Waals surface area (Å²) >= 11 is 12.8. The normalized spacial score (nSPS) is 15.9. The molecule has 0 aliphatic carbocycles. The Morgan fingerprint density at radius 3 is 2.33 bits per heavy atom. The molecule has 3 rings (SSSR count). The van der Waals surface area contributed by atoms with E-state index in [1.165, 1.54) is 0 Å². The van der Waals surface area contributed by atoms with Crippen LogP contribution in [-0.4, -0.2) is 17.4 Å². The highest BCUT2D eigenvalue weighted by Gasteiger charge is 2.43. The van der Waals surface area contributed by atoms with E-state index in [0.717, 1.165) is 16.7 Å². The number of aryl methyl sites for hydroxylation is 1. The lowest BCUT2D eigenvalue weighted by Gasteiger charge is -2.25. The van der Waals surface area contributed by atoms with Gasteiger partial charge < -0.3 is 10.1 Å². The fraction of sp³-hybridized carbons (Fsp3) is 0.333. The van der Waals surface area contributed by atoms with Crippen molar-refractivity contribution in [2.75, 3.05) is 0 Å². The van der Waals surface area contributed by atoms with E-state index in [1.54, 1.807) is 34.6 Å². The van der Waals surface area contributed by atoms with Crippen LogP contribution in [0.3, 0.4) is 0 Å². The fourth-order valence-corrected chi connectivity index (χ4v) is 3.78. The zero-order chi connectivity index (χ0) is 22.4. The topological polar surface area (TPSA) is 55.4 Å². The lowest BCUT2D eigenvalue weighted by atomic mass is 9.93. The average molecular weight is 446 g/mol. The van der Waals surface area contributed by atoms with Crippen LogP contribution in [0.4, 0.5) is 0 Å². The summed E-state index contributed by atoms with van der Waals surface area (Å²) in [5, 5.41) is 3.90. The number of rotatable bonds is 3. The molecule has 1 N–H and O–H groups in total. The predicted molar refractivity (Wildman–Crippen MR) is 121 cm³/mol. The number of amides is 1. The van der Waals surface area contributed by atoms with Gasteiger partial charge in [0, 0.05) is 15.6 Å². The van der Waals surface area contributed by atoms with Crippen LogP contribution >= 0.6 is 23.2 Å². The van der Waals surface area contributed by atoms with E-state index in [-0.39, 0.29) is 17.2 Å². The summed E-state index contributed by atoms with van der Waals surface area (Å²) in [4.78, 5) is 25.4. The fourth-order valence-electron chi connectivity index (χ4n) is 3.33. The molecular weight excluding hydrogens is 421 g/mol. The Balaban J connectivity index is 2.16. The standard InChI is InChI=1S/C24H25Cl2NO3/c1-13-10-17(18(26)12-16(13)14-8-7-9-15(25)11-14)19-20(24(5,6)27-21(19)28)30-22(29)23(2,3)4/h7-12H,1-6H3,(H,27,28). The van der Waals surface area contributed by atoms with Crippen LogP contribution in [0.2, 0.25) is 10.0 Å². The van der Waals surface area contributed by atoms with Gasteiger partial charge in [-0.1, -0.05) is 35.3 Å². The summed E-state index contributed by atoms with van der Waals surface area (Å²) in [7, 11) is 0. The number of nitrogens with one attached hydrogen (secondary N) is 1. The first-order chi connectivity index (χ1) is 13.8. The van der Waals surface area contributed by atoms with Gasteiger partial charge in [-0.2, -0.15) is 0 Å². The first-order valence-electron chi connectivity index (χ1n) is 9.67. The van der Waals surface area contributed by atoms with E-state index in [2.05, 4.69) is 5.32 Å². The van der Waals surface area contributed by atoms with E-state index in [4.69, 9.17) is 27.9 Å². The predicted octanol–water partition coefficient (Wildman–Crippen LogP) is 6.18. The second kappa shape index (κ2) is 7.75. The van der Waals surface area contributed by atoms with Gasteiger partial charge in [-0.05, 0) is 82.5 Å². The molecule has 1 aliphatic rings. The van der Waals surface area contributed by atoms with Crippen molar-refractivity contribution in [2.45, 2.75) is 47.1 Å². The van der Waals surface area contributed by atoms with Crippen LogP contribution in [0.1, 0.15) is 45.7 Å². The molecule has 1 heterocycles. The quantitative estimate of drug-likeness (QED) is 0.573. The molecule has 2 aromatic rings. The summed E-state index contributed by atoms with van der Waals surface area (Å²) in [6.07, 6.45) is 0. The van der Waals surface area contributed by atoms with Crippen molar-refractivity contribution in [3.05, 3.63) is 63.3 Å². The van der Waals surface area contributed by atoms with Crippen molar-refractivity contribution in [2.24, 2.45) is 5.41 Å². The summed E-state index contributed by atoms with van der Waals surface area (Å²) in [5.41, 5.74) is 2.02. The molecule has 1 amide bonds. The number of hydrogen-bond donors (Lipinski definition) is 1. The molecule has 30 heavy (non-hydrogen) atoms. The number of hydrogen-bond acceptors (Lipinski definition) is 3. The monoisotopic (exact) mass is 445 g/mol. The minimum Gasteiger partial charge on any atom is -0.427 e. The molecule has 0 saturated carbocycles. The number of carbonyl (C=O) groups excluding carboxylic acids is 2. The Kier molecular flexibility index (Phi) is 5.78. The highest BCUT2D eigenvalue weighted by atomic mass is 35.5. The second-order valence-corrected chi connectivity index (χ2v) is 9.92. The molecule has 0 atom stereocenters. The molecule has 0 spiro atoms. The number of ether oxygens (including phenoxy) is 1. The van der Waals surface area contributed by atoms with Crippen molar-refractivity contribution in [1.29, 1.82) is 0 Å². The summed E-state index contributed by atoms with van der Waals surface area (Å²) < 4.78 is 5.74. The third-order valence-electron chi connectivity index (χ3n) is 4.97. The van der Waals surface area contributed by atoms with Crippen LogP contribution < -0.4 is 5.32 Å². The molecule has 0 bridgehead atoms. The van der Waals surface area contributed by atoms with Gasteiger partial charge in [0.05, 0.1) is 16.5 Å². The van der Waals surface area contributed by atoms with Gasteiger partial charge in [0.2, 0.25) is 0 Å². The van der Waals surface area contributed by atoms with Crippen LogP contribution in [0.25, 0.3) is 16.7 Å². The average Bonchev–Trinajstić information content (AvgIpc) is 2.84. The van der Waals surface area contributed by atoms with Crippen molar-refractivity contribution in [3.63, 3.8) is 0 Å². The van der Waals surface area contributed by atoms with Crippen LogP contribution in [0.5, 0.6) is 0 Å². The number of carbonyl (C=O) groups is 2. The van der Waals surface area contributed by atoms with Gasteiger partial charge in [0.25, 0.3) is 5.91 Å². The number of benzene rings is 2. The molecule has 1 aliphatic heterocycles. The van der Waals surface area contributed by atoms with Crippen LogP contribution in [0, 0.1) is 12.3 Å². The number of halogens is 2. The smallest absolute Gasteiger partial charge is 0.316 e. The summed E-state index contributed by atoms with van der Waals surface area (Å²) in [6.45, 7) is 10.8. The number of esters is 1. The van der Waals surface area contributed by atoms with Crippen LogP contribution in [-0.2, 0) is 14.3 Å². The van der Waals surface area contributed by atoms with Crippen molar-refractivity contribution < 1.29 is 14.3 Å². The maximum absolute atomic E-state index is 12.9. The maximum Gasteiger partial charge on any atom is 0.316 e. The minimum atomic E-state index is -0.837. The lowest BCUT2D eigenvalue weighted by Crippen LogP contribution is -2.40. The lowest BCUT2D eigenvalue weighted by molar-refractivity contribution is -0.149. The zero-order valence-electron chi connectivity index (χ0n) is 17.9. The van der Waals surface area contributed by atoms with Gasteiger partial charge in [0.15, 0.2) is 0 Å². The first kappa shape index (κ1) is 22.4. The van der Waals surface area contributed by atoms with Gasteiger partial charge in [-0.15, -0.1) is 0 Å². The highest BCUT2D eigenvalue weighted by Crippen LogP contribution is 2.40. The molecular formula is C24H25Cl2NO3. The second-order valence-electron chi connectivity index (χ2n) is 9.08. The third kappa shape index (κ3) is 4.26. The van der Waals surface area contributed by atoms with Crippen molar-refractivity contribution in [1.82, 2.24) is 5.32 Å². The SMILES string of the molecule is Cc1cc(C2=C(OC(=O)C(C)(C)C)C(C)(C)NC2=O)c(Cl)cc1-c1cccc(Cl)c1. The molecule has 4 nitrogen and oxygen atoms in total. The molecule has 0 fully saturated rings. The molecule has 0 radical (unpaired) electrons. The maximum atomic E-state index is 12.9. The van der Waals surface area contributed by atoms with E-state index >= 15 is 0 Å². The Morgan fingerprint density at radius 1 is 1.07 bits per heavy atom. The Labute approximate surface area is 187 Å². The molecule has 0 saturated heterocycles. The van der Waals surface area contributed by atoms with Crippen molar-refractivity contribution in [3.8, 4) is 11.1 Å². The molecule has 0 unspecified atom stereocenters. The van der Waals surface area contributed by atoms with Crippen molar-refractivity contribution >= 4 is 40.7 Å². The molecule has 158 valence electrons. The van der Waals surface area contributed by atoms with Gasteiger partial charge in [-0.3, -0.25) is 9.59 Å². The Morgan fingerprint density at radius 2 is 1.73 bits per heavy atom. The minimum absolute atomic E-state index is 0.281. The Bertz CT molecular complexity index is 1080. The van der Waals surface area contributed by atoms with Gasteiger partial charge in [0.1, 0.15) is 5.76 Å². The largest absolute Gasteiger partial charge is 0.427 e. The van der Waals surface area contributed by atoms with E-state index in [0.29, 0.717) is 15.6 Å². The first-order valence-corrected chi connectivity index (χ1v) is 10.4. The molecule has 0 aromatic heterocycles. The summed E-state index contributed by atoms with van der Waals surface area (Å²) in [5.74, 6) is -0.458. The van der Waals surface area contributed by atoms with Gasteiger partial charge in [-0.25, -0.2) is 0 Å².